The molecule has 0 atom stereocenters. The van der Waals surface area contributed by atoms with Crippen LogP contribution in [-0.4, -0.2) is 18.4 Å². The highest BCUT2D eigenvalue weighted by molar-refractivity contribution is 7.07. The van der Waals surface area contributed by atoms with E-state index in [1.165, 1.54) is 0 Å². The standard InChI is InChI=1S/C15H13N3O2S/c16-9-12-3-1-2-4-13(12)18-15(20)14(19)17-7-5-11-6-8-21-10-11/h1-4,6,8,10H,5,7H2,(H,17,19)(H,18,20). The maximum Gasteiger partial charge on any atom is 0.313 e. The number of anilines is 1. The zero-order chi connectivity index (χ0) is 15.1. The summed E-state index contributed by atoms with van der Waals surface area (Å²) < 4.78 is 0. The molecule has 0 aliphatic heterocycles. The second kappa shape index (κ2) is 7.22. The van der Waals surface area contributed by atoms with Crippen molar-refractivity contribution in [3.8, 4) is 6.07 Å². The quantitative estimate of drug-likeness (QED) is 0.846. The number of carbonyl (C=O) groups excluding carboxylic acids is 2. The highest BCUT2D eigenvalue weighted by atomic mass is 32.1. The van der Waals surface area contributed by atoms with Crippen molar-refractivity contribution in [3.63, 3.8) is 0 Å². The van der Waals surface area contributed by atoms with Gasteiger partial charge in [-0.25, -0.2) is 0 Å². The van der Waals surface area contributed by atoms with Gasteiger partial charge in [0, 0.05) is 6.54 Å². The predicted molar refractivity (Wildman–Crippen MR) is 80.8 cm³/mol. The number of nitriles is 1. The number of rotatable bonds is 4. The Bertz CT molecular complexity index is 674. The molecular formula is C15H13N3O2S. The Kier molecular flexibility index (Phi) is 5.07. The summed E-state index contributed by atoms with van der Waals surface area (Å²) in [5, 5.41) is 17.9. The molecule has 0 aliphatic rings. The van der Waals surface area contributed by atoms with Crippen LogP contribution in [0.3, 0.4) is 0 Å². The van der Waals surface area contributed by atoms with Gasteiger partial charge in [0.05, 0.1) is 11.3 Å². The van der Waals surface area contributed by atoms with Gasteiger partial charge in [-0.1, -0.05) is 12.1 Å². The van der Waals surface area contributed by atoms with Crippen LogP contribution < -0.4 is 10.6 Å². The van der Waals surface area contributed by atoms with Crippen molar-refractivity contribution >= 4 is 28.8 Å². The highest BCUT2D eigenvalue weighted by Crippen LogP contribution is 2.13. The third kappa shape index (κ3) is 4.16. The summed E-state index contributed by atoms with van der Waals surface area (Å²) in [6, 6.07) is 10.5. The van der Waals surface area contributed by atoms with E-state index in [1.807, 2.05) is 22.9 Å². The monoisotopic (exact) mass is 299 g/mol. The fraction of sp³-hybridized carbons (Fsp3) is 0.133. The van der Waals surface area contributed by atoms with E-state index in [1.54, 1.807) is 35.6 Å². The Hall–Kier alpha value is -2.65. The van der Waals surface area contributed by atoms with Crippen LogP contribution in [0.15, 0.2) is 41.1 Å². The van der Waals surface area contributed by atoms with E-state index in [-0.39, 0.29) is 0 Å². The summed E-state index contributed by atoms with van der Waals surface area (Å²) in [5.74, 6) is -1.49. The number of benzene rings is 1. The van der Waals surface area contributed by atoms with Gasteiger partial charge in [0.25, 0.3) is 0 Å². The van der Waals surface area contributed by atoms with Crippen LogP contribution in [0.1, 0.15) is 11.1 Å². The van der Waals surface area contributed by atoms with Crippen molar-refractivity contribution in [1.29, 1.82) is 5.26 Å². The van der Waals surface area contributed by atoms with Gasteiger partial charge in [-0.05, 0) is 40.9 Å². The van der Waals surface area contributed by atoms with Gasteiger partial charge in [-0.2, -0.15) is 16.6 Å². The van der Waals surface area contributed by atoms with Crippen molar-refractivity contribution < 1.29 is 9.59 Å². The maximum atomic E-state index is 11.7. The Morgan fingerprint density at radius 2 is 2.00 bits per heavy atom. The van der Waals surface area contributed by atoms with E-state index in [0.29, 0.717) is 24.2 Å². The van der Waals surface area contributed by atoms with Gasteiger partial charge < -0.3 is 10.6 Å². The van der Waals surface area contributed by atoms with Crippen LogP contribution in [0, 0.1) is 11.3 Å². The Labute approximate surface area is 126 Å². The van der Waals surface area contributed by atoms with Gasteiger partial charge in [-0.3, -0.25) is 9.59 Å². The van der Waals surface area contributed by atoms with E-state index < -0.39 is 11.8 Å². The smallest absolute Gasteiger partial charge is 0.313 e. The average Bonchev–Trinajstić information content (AvgIpc) is 3.01. The molecule has 0 aliphatic carbocycles. The van der Waals surface area contributed by atoms with Crippen LogP contribution in [0.2, 0.25) is 0 Å². The minimum Gasteiger partial charge on any atom is -0.347 e. The minimum atomic E-state index is -0.775. The lowest BCUT2D eigenvalue weighted by molar-refractivity contribution is -0.136. The first-order valence-corrected chi connectivity index (χ1v) is 7.24. The molecule has 0 radical (unpaired) electrons. The Balaban J connectivity index is 1.85. The average molecular weight is 299 g/mol. The summed E-state index contributed by atoms with van der Waals surface area (Å²) >= 11 is 1.59. The first-order valence-electron chi connectivity index (χ1n) is 6.30. The zero-order valence-electron chi connectivity index (χ0n) is 11.1. The molecule has 1 aromatic carbocycles. The highest BCUT2D eigenvalue weighted by Gasteiger charge is 2.14. The SMILES string of the molecule is N#Cc1ccccc1NC(=O)C(=O)NCCc1ccsc1. The molecular weight excluding hydrogens is 286 g/mol. The minimum absolute atomic E-state index is 0.317. The van der Waals surface area contributed by atoms with E-state index in [0.717, 1.165) is 5.56 Å². The third-order valence-corrected chi connectivity index (χ3v) is 3.51. The second-order valence-electron chi connectivity index (χ2n) is 4.25. The first kappa shape index (κ1) is 14.8. The molecule has 0 saturated heterocycles. The van der Waals surface area contributed by atoms with Gasteiger partial charge in [0.15, 0.2) is 0 Å². The molecule has 2 amide bonds. The molecule has 0 unspecified atom stereocenters. The molecule has 1 aromatic heterocycles. The normalized spacial score (nSPS) is 9.67. The number of hydrogen-bond acceptors (Lipinski definition) is 4. The summed E-state index contributed by atoms with van der Waals surface area (Å²) in [6.07, 6.45) is 0.678. The molecule has 0 fully saturated rings. The topological polar surface area (TPSA) is 82.0 Å². The molecule has 2 aromatic rings. The molecule has 5 nitrogen and oxygen atoms in total. The van der Waals surface area contributed by atoms with Crippen molar-refractivity contribution in [3.05, 3.63) is 52.2 Å². The van der Waals surface area contributed by atoms with Crippen molar-refractivity contribution in [2.75, 3.05) is 11.9 Å². The molecule has 1 heterocycles. The van der Waals surface area contributed by atoms with Crippen LogP contribution in [0.5, 0.6) is 0 Å². The summed E-state index contributed by atoms with van der Waals surface area (Å²) in [6.45, 7) is 0.392. The summed E-state index contributed by atoms with van der Waals surface area (Å²) in [4.78, 5) is 23.4. The number of carbonyl (C=O) groups is 2. The van der Waals surface area contributed by atoms with Gasteiger partial charge in [0.1, 0.15) is 6.07 Å². The predicted octanol–water partition coefficient (Wildman–Crippen LogP) is 1.92. The van der Waals surface area contributed by atoms with Crippen LogP contribution >= 0.6 is 11.3 Å². The largest absolute Gasteiger partial charge is 0.347 e. The van der Waals surface area contributed by atoms with Gasteiger partial charge in [0.2, 0.25) is 0 Å². The number of nitrogens with zero attached hydrogens (tertiary/aromatic N) is 1. The molecule has 2 rings (SSSR count). The number of para-hydroxylation sites is 1. The van der Waals surface area contributed by atoms with Gasteiger partial charge in [-0.15, -0.1) is 0 Å². The van der Waals surface area contributed by atoms with E-state index >= 15 is 0 Å². The summed E-state index contributed by atoms with van der Waals surface area (Å²) in [5.41, 5.74) is 1.77. The van der Waals surface area contributed by atoms with Gasteiger partial charge >= 0.3 is 11.8 Å². The van der Waals surface area contributed by atoms with E-state index in [2.05, 4.69) is 10.6 Å². The first-order chi connectivity index (χ1) is 10.2. The Morgan fingerprint density at radius 1 is 1.19 bits per heavy atom. The van der Waals surface area contributed by atoms with Crippen LogP contribution in [0.4, 0.5) is 5.69 Å². The van der Waals surface area contributed by atoms with Crippen molar-refractivity contribution in [2.45, 2.75) is 6.42 Å². The molecule has 106 valence electrons. The fourth-order valence-electron chi connectivity index (χ4n) is 1.70. The number of nitrogens with one attached hydrogen (secondary N) is 2. The lowest BCUT2D eigenvalue weighted by atomic mass is 10.2. The molecule has 6 heteroatoms. The number of amides is 2. The summed E-state index contributed by atoms with van der Waals surface area (Å²) in [7, 11) is 0. The lowest BCUT2D eigenvalue weighted by Gasteiger charge is -2.07. The molecule has 21 heavy (non-hydrogen) atoms. The lowest BCUT2D eigenvalue weighted by Crippen LogP contribution is -2.36. The second-order valence-corrected chi connectivity index (χ2v) is 5.03. The number of thiophene rings is 1. The Morgan fingerprint density at radius 3 is 2.71 bits per heavy atom. The van der Waals surface area contributed by atoms with E-state index in [9.17, 15) is 9.59 Å². The fourth-order valence-corrected chi connectivity index (χ4v) is 2.41. The molecule has 0 saturated carbocycles. The van der Waals surface area contributed by atoms with Crippen molar-refractivity contribution in [2.24, 2.45) is 0 Å². The van der Waals surface area contributed by atoms with Crippen LogP contribution in [0.25, 0.3) is 0 Å². The molecule has 2 N–H and O–H groups in total. The van der Waals surface area contributed by atoms with E-state index in [4.69, 9.17) is 5.26 Å². The molecule has 0 spiro atoms. The zero-order valence-corrected chi connectivity index (χ0v) is 11.9. The third-order valence-electron chi connectivity index (χ3n) is 2.78. The molecule has 0 bridgehead atoms. The number of hydrogen-bond donors (Lipinski definition) is 2. The van der Waals surface area contributed by atoms with Crippen molar-refractivity contribution in [1.82, 2.24) is 5.32 Å². The van der Waals surface area contributed by atoms with Crippen LogP contribution in [-0.2, 0) is 16.0 Å². The maximum absolute atomic E-state index is 11.7.